The van der Waals surface area contributed by atoms with Crippen molar-refractivity contribution in [2.45, 2.75) is 110 Å². The highest BCUT2D eigenvalue weighted by molar-refractivity contribution is 4.79. The van der Waals surface area contributed by atoms with Crippen LogP contribution >= 0.6 is 0 Å². The molecule has 1 nitrogen and oxygen atoms in total. The highest BCUT2D eigenvalue weighted by atomic mass is 14.6. The third-order valence-electron chi connectivity index (χ3n) is 5.33. The Morgan fingerprint density at radius 1 is 0.800 bits per heavy atom. The lowest BCUT2D eigenvalue weighted by atomic mass is 9.76. The second kappa shape index (κ2) is 11.6. The minimum absolute atomic E-state index is 0.494. The first-order valence-corrected chi connectivity index (χ1v) is 9.53. The van der Waals surface area contributed by atoms with Crippen LogP contribution in [0.2, 0.25) is 0 Å². The van der Waals surface area contributed by atoms with E-state index in [1.165, 1.54) is 89.9 Å². The molecule has 0 heterocycles. The van der Waals surface area contributed by atoms with Crippen LogP contribution < -0.4 is 5.73 Å². The van der Waals surface area contributed by atoms with Crippen molar-refractivity contribution in [3.8, 4) is 0 Å². The van der Waals surface area contributed by atoms with Gasteiger partial charge in [-0.25, -0.2) is 0 Å². The molecule has 0 saturated heterocycles. The third-order valence-corrected chi connectivity index (χ3v) is 5.33. The van der Waals surface area contributed by atoms with Crippen LogP contribution in [0.25, 0.3) is 0 Å². The van der Waals surface area contributed by atoms with E-state index in [1.807, 2.05) is 0 Å². The van der Waals surface area contributed by atoms with Gasteiger partial charge in [-0.2, -0.15) is 0 Å². The summed E-state index contributed by atoms with van der Waals surface area (Å²) in [6.45, 7) is 4.60. The standard InChI is InChI=1S/C19H39N/c1-3-5-6-7-8-9-10-12-19(20)18-15-13-17(11-4-2)14-16-18/h17-19H,3-16,20H2,1-2H3. The molecule has 2 N–H and O–H groups in total. The van der Waals surface area contributed by atoms with Crippen LogP contribution in [0.4, 0.5) is 0 Å². The van der Waals surface area contributed by atoms with Crippen LogP contribution in [-0.4, -0.2) is 6.04 Å². The molecule has 0 aromatic rings. The fraction of sp³-hybridized carbons (Fsp3) is 1.00. The number of hydrogen-bond acceptors (Lipinski definition) is 1. The molecule has 0 aromatic heterocycles. The first kappa shape index (κ1) is 18.0. The molecule has 1 saturated carbocycles. The van der Waals surface area contributed by atoms with Gasteiger partial charge in [0.1, 0.15) is 0 Å². The molecule has 0 spiro atoms. The fourth-order valence-corrected chi connectivity index (χ4v) is 3.89. The molecule has 1 aliphatic rings. The van der Waals surface area contributed by atoms with E-state index in [-0.39, 0.29) is 0 Å². The average molecular weight is 282 g/mol. The Labute approximate surface area is 128 Å². The Hall–Kier alpha value is -0.0400. The smallest absolute Gasteiger partial charge is 0.00671 e. The van der Waals surface area contributed by atoms with Gasteiger partial charge in [0, 0.05) is 6.04 Å². The van der Waals surface area contributed by atoms with Crippen LogP contribution in [0.1, 0.15) is 104 Å². The van der Waals surface area contributed by atoms with Crippen molar-refractivity contribution in [3.63, 3.8) is 0 Å². The molecule has 1 rings (SSSR count). The maximum atomic E-state index is 6.43. The Bertz CT molecular complexity index is 206. The zero-order valence-corrected chi connectivity index (χ0v) is 14.2. The predicted octanol–water partition coefficient (Wildman–Crippen LogP) is 6.06. The zero-order valence-electron chi connectivity index (χ0n) is 14.2. The summed E-state index contributed by atoms with van der Waals surface area (Å²) in [5.41, 5.74) is 6.43. The normalized spacial score (nSPS) is 24.8. The van der Waals surface area contributed by atoms with Gasteiger partial charge in [0.15, 0.2) is 0 Å². The van der Waals surface area contributed by atoms with Gasteiger partial charge in [-0.15, -0.1) is 0 Å². The first-order chi connectivity index (χ1) is 9.77. The van der Waals surface area contributed by atoms with Crippen LogP contribution in [0.15, 0.2) is 0 Å². The van der Waals surface area contributed by atoms with Gasteiger partial charge < -0.3 is 5.73 Å². The predicted molar refractivity (Wildman–Crippen MR) is 90.9 cm³/mol. The maximum Gasteiger partial charge on any atom is 0.00671 e. The number of hydrogen-bond donors (Lipinski definition) is 1. The Balaban J connectivity index is 1.98. The van der Waals surface area contributed by atoms with Gasteiger partial charge in [-0.1, -0.05) is 84.5 Å². The molecule has 0 amide bonds. The minimum Gasteiger partial charge on any atom is -0.327 e. The van der Waals surface area contributed by atoms with Crippen molar-refractivity contribution in [1.82, 2.24) is 0 Å². The Morgan fingerprint density at radius 2 is 1.40 bits per heavy atom. The maximum absolute atomic E-state index is 6.43. The van der Waals surface area contributed by atoms with E-state index in [1.54, 1.807) is 0 Å². The van der Waals surface area contributed by atoms with E-state index >= 15 is 0 Å². The summed E-state index contributed by atoms with van der Waals surface area (Å²) in [4.78, 5) is 0. The summed E-state index contributed by atoms with van der Waals surface area (Å²) in [6, 6.07) is 0.494. The number of unbranched alkanes of at least 4 members (excludes halogenated alkanes) is 6. The van der Waals surface area contributed by atoms with Crippen LogP contribution in [-0.2, 0) is 0 Å². The summed E-state index contributed by atoms with van der Waals surface area (Å²) in [5, 5.41) is 0. The highest BCUT2D eigenvalue weighted by Gasteiger charge is 2.24. The van der Waals surface area contributed by atoms with Gasteiger partial charge in [0.2, 0.25) is 0 Å². The molecule has 20 heavy (non-hydrogen) atoms. The molecule has 0 radical (unpaired) electrons. The molecule has 1 aliphatic carbocycles. The lowest BCUT2D eigenvalue weighted by Gasteiger charge is -2.32. The number of nitrogens with two attached hydrogens (primary N) is 1. The molecule has 1 atom stereocenters. The topological polar surface area (TPSA) is 26.0 Å². The molecule has 1 unspecified atom stereocenters. The quantitative estimate of drug-likeness (QED) is 0.458. The summed E-state index contributed by atoms with van der Waals surface area (Å²) in [7, 11) is 0. The zero-order chi connectivity index (χ0) is 14.6. The molecular weight excluding hydrogens is 242 g/mol. The summed E-state index contributed by atoms with van der Waals surface area (Å²) >= 11 is 0. The van der Waals surface area contributed by atoms with Gasteiger partial charge in [0.05, 0.1) is 0 Å². The van der Waals surface area contributed by atoms with Crippen molar-refractivity contribution >= 4 is 0 Å². The Morgan fingerprint density at radius 3 is 2.00 bits per heavy atom. The lowest BCUT2D eigenvalue weighted by molar-refractivity contribution is 0.226. The van der Waals surface area contributed by atoms with Crippen molar-refractivity contribution < 1.29 is 0 Å². The molecule has 0 bridgehead atoms. The van der Waals surface area contributed by atoms with Gasteiger partial charge in [0.25, 0.3) is 0 Å². The van der Waals surface area contributed by atoms with E-state index < -0.39 is 0 Å². The van der Waals surface area contributed by atoms with E-state index in [9.17, 15) is 0 Å². The number of rotatable bonds is 11. The van der Waals surface area contributed by atoms with Gasteiger partial charge >= 0.3 is 0 Å². The second-order valence-corrected chi connectivity index (χ2v) is 7.14. The van der Waals surface area contributed by atoms with Crippen molar-refractivity contribution in [2.24, 2.45) is 17.6 Å². The monoisotopic (exact) mass is 281 g/mol. The van der Waals surface area contributed by atoms with Crippen LogP contribution in [0.3, 0.4) is 0 Å². The summed E-state index contributed by atoms with van der Waals surface area (Å²) in [6.07, 6.45) is 19.6. The summed E-state index contributed by atoms with van der Waals surface area (Å²) in [5.74, 6) is 1.85. The largest absolute Gasteiger partial charge is 0.327 e. The van der Waals surface area contributed by atoms with E-state index in [2.05, 4.69) is 13.8 Å². The molecular formula is C19H39N. The van der Waals surface area contributed by atoms with Crippen LogP contribution in [0.5, 0.6) is 0 Å². The first-order valence-electron chi connectivity index (χ1n) is 9.53. The second-order valence-electron chi connectivity index (χ2n) is 7.14. The SMILES string of the molecule is CCCCCCCCCC(N)C1CCC(CCC)CC1. The van der Waals surface area contributed by atoms with Crippen LogP contribution in [0, 0.1) is 11.8 Å². The highest BCUT2D eigenvalue weighted by Crippen LogP contribution is 2.33. The molecule has 120 valence electrons. The van der Waals surface area contributed by atoms with Gasteiger partial charge in [-0.3, -0.25) is 0 Å². The van der Waals surface area contributed by atoms with Crippen molar-refractivity contribution in [2.75, 3.05) is 0 Å². The van der Waals surface area contributed by atoms with E-state index in [4.69, 9.17) is 5.73 Å². The molecule has 0 aromatic carbocycles. The Kier molecular flexibility index (Phi) is 10.4. The van der Waals surface area contributed by atoms with E-state index in [0.717, 1.165) is 11.8 Å². The third kappa shape index (κ3) is 7.67. The minimum atomic E-state index is 0.494. The van der Waals surface area contributed by atoms with E-state index in [0.29, 0.717) is 6.04 Å². The average Bonchev–Trinajstić information content (AvgIpc) is 2.47. The summed E-state index contributed by atoms with van der Waals surface area (Å²) < 4.78 is 0. The lowest BCUT2D eigenvalue weighted by Crippen LogP contribution is -2.33. The van der Waals surface area contributed by atoms with Crippen molar-refractivity contribution in [1.29, 1.82) is 0 Å². The molecule has 1 heteroatoms. The molecule has 1 fully saturated rings. The van der Waals surface area contributed by atoms with Gasteiger partial charge in [-0.05, 0) is 31.1 Å². The molecule has 0 aliphatic heterocycles. The van der Waals surface area contributed by atoms with Crippen molar-refractivity contribution in [3.05, 3.63) is 0 Å². The fourth-order valence-electron chi connectivity index (χ4n) is 3.89.